The third-order valence-electron chi connectivity index (χ3n) is 13.7. The summed E-state index contributed by atoms with van der Waals surface area (Å²) in [6, 6.07) is 14.2. The summed E-state index contributed by atoms with van der Waals surface area (Å²) in [6.07, 6.45) is 13.5. The molecular weight excluding hydrogens is 647 g/mol. The Bertz CT molecular complexity index is 1880. The predicted octanol–water partition coefficient (Wildman–Crippen LogP) is 7.24. The zero-order chi connectivity index (χ0) is 33.0. The molecule has 6 aliphatic rings. The zero-order valence-electron chi connectivity index (χ0n) is 27.4. The Morgan fingerprint density at radius 3 is 2.49 bits per heavy atom. The smallest absolute Gasteiger partial charge is 0.211 e. The molecule has 2 spiro atoms. The van der Waals surface area contributed by atoms with Gasteiger partial charge in [-0.3, -0.25) is 4.79 Å². The van der Waals surface area contributed by atoms with Crippen molar-refractivity contribution < 1.29 is 23.4 Å². The number of sulfonamides is 1. The van der Waals surface area contributed by atoms with Crippen LogP contribution in [0.15, 0.2) is 71.6 Å². The van der Waals surface area contributed by atoms with E-state index in [1.165, 1.54) is 10.6 Å². The van der Waals surface area contributed by atoms with Gasteiger partial charge in [0.1, 0.15) is 0 Å². The number of aliphatic hydroxyl groups excluding tert-OH is 1. The molecule has 0 saturated heterocycles. The molecule has 2 aromatic heterocycles. The van der Waals surface area contributed by atoms with Crippen molar-refractivity contribution in [2.45, 2.75) is 76.9 Å². The highest BCUT2D eigenvalue weighted by molar-refractivity contribution is 7.88. The van der Waals surface area contributed by atoms with Gasteiger partial charge in [-0.25, -0.2) is 8.42 Å². The Labute approximate surface area is 286 Å². The van der Waals surface area contributed by atoms with E-state index in [-0.39, 0.29) is 29.6 Å². The standard InChI is InChI=1S/C38H45NO5S3/c1-34-14-10-26(40)22-36(34)17-18-38(28(23-36)33(41)30-21-25-7-4-5-9-29(25)46-30)31(34)11-15-35(2)32(38)12-16-37(35,42)24-39(47(3,43)44)19-13-27-8-6-20-45-27/h4-9,17-18,20-21,23,26,31-32,40,42H,10-16,19,22,24H2,1-3H3. The number of ketones is 1. The first-order chi connectivity index (χ1) is 22.2. The van der Waals surface area contributed by atoms with Crippen molar-refractivity contribution in [1.29, 1.82) is 0 Å². The van der Waals surface area contributed by atoms with Crippen LogP contribution in [0.3, 0.4) is 0 Å². The van der Waals surface area contributed by atoms with E-state index in [1.807, 2.05) is 35.7 Å². The summed E-state index contributed by atoms with van der Waals surface area (Å²) in [4.78, 5) is 16.8. The molecule has 3 aromatic rings. The van der Waals surface area contributed by atoms with E-state index >= 15 is 0 Å². The second-order valence-electron chi connectivity index (χ2n) is 15.7. The van der Waals surface area contributed by atoms with Gasteiger partial charge in [-0.05, 0) is 97.6 Å². The number of fused-ring (bicyclic) bond motifs is 2. The lowest BCUT2D eigenvalue weighted by molar-refractivity contribution is -0.173. The van der Waals surface area contributed by atoms with Crippen molar-refractivity contribution in [3.8, 4) is 0 Å². The fraction of sp³-hybridized carbons (Fsp3) is 0.553. The van der Waals surface area contributed by atoms with Crippen LogP contribution >= 0.6 is 22.7 Å². The number of thiophene rings is 2. The van der Waals surface area contributed by atoms with Gasteiger partial charge in [0, 0.05) is 44.5 Å². The summed E-state index contributed by atoms with van der Waals surface area (Å²) >= 11 is 3.16. The molecule has 0 amide bonds. The minimum absolute atomic E-state index is 0.0275. The molecule has 9 heteroatoms. The number of allylic oxidation sites excluding steroid dienone is 4. The quantitative estimate of drug-likeness (QED) is 0.192. The second kappa shape index (κ2) is 10.7. The van der Waals surface area contributed by atoms with E-state index in [2.05, 4.69) is 44.2 Å². The fourth-order valence-electron chi connectivity index (χ4n) is 11.2. The predicted molar refractivity (Wildman–Crippen MR) is 189 cm³/mol. The van der Waals surface area contributed by atoms with Crippen LogP contribution < -0.4 is 0 Å². The second-order valence-corrected chi connectivity index (χ2v) is 19.8. The van der Waals surface area contributed by atoms with Crippen LogP contribution in [0.5, 0.6) is 0 Å². The summed E-state index contributed by atoms with van der Waals surface area (Å²) in [5, 5.41) is 26.8. The van der Waals surface area contributed by atoms with Crippen molar-refractivity contribution in [2.75, 3.05) is 19.3 Å². The van der Waals surface area contributed by atoms with Gasteiger partial charge in [-0.15, -0.1) is 22.7 Å². The highest BCUT2D eigenvalue weighted by atomic mass is 32.2. The average Bonchev–Trinajstić information content (AvgIpc) is 3.76. The number of rotatable bonds is 8. The van der Waals surface area contributed by atoms with E-state index in [9.17, 15) is 23.4 Å². The third-order valence-corrected chi connectivity index (χ3v) is 17.0. The molecule has 2 bridgehead atoms. The molecule has 3 saturated carbocycles. The van der Waals surface area contributed by atoms with Crippen LogP contribution in [0.4, 0.5) is 0 Å². The van der Waals surface area contributed by atoms with Crippen molar-refractivity contribution in [3.63, 3.8) is 0 Å². The minimum atomic E-state index is -3.57. The SMILES string of the molecule is CC12CCC(O)CC13C=CC1(C(C(=O)c4cc5ccccc5s4)=C3)C2CCC2(C)C1CCC2(O)CN(CCc1cccs1)S(C)(=O)=O. The lowest BCUT2D eigenvalue weighted by Gasteiger charge is -2.71. The number of benzene rings is 1. The molecule has 9 rings (SSSR count). The van der Waals surface area contributed by atoms with Crippen LogP contribution in [0.25, 0.3) is 10.1 Å². The monoisotopic (exact) mass is 691 g/mol. The van der Waals surface area contributed by atoms with Crippen LogP contribution in [0, 0.1) is 33.5 Å². The molecule has 8 atom stereocenters. The van der Waals surface area contributed by atoms with Crippen LogP contribution in [0.1, 0.15) is 73.3 Å². The normalized spacial score (nSPS) is 39.1. The largest absolute Gasteiger partial charge is 0.393 e. The molecule has 8 unspecified atom stereocenters. The number of nitrogens with zero attached hydrogens (tertiary/aromatic N) is 1. The maximum atomic E-state index is 14.9. The van der Waals surface area contributed by atoms with Crippen molar-refractivity contribution in [2.24, 2.45) is 33.5 Å². The number of carbonyl (C=O) groups excluding carboxylic acids is 1. The Hall–Kier alpha value is -2.14. The number of carbonyl (C=O) groups is 1. The number of Topliss-reactive ketones (excluding diaryl/α,β-unsaturated/α-hetero) is 1. The zero-order valence-corrected chi connectivity index (χ0v) is 29.9. The van der Waals surface area contributed by atoms with Crippen molar-refractivity contribution in [3.05, 3.63) is 81.4 Å². The molecule has 6 nitrogen and oxygen atoms in total. The van der Waals surface area contributed by atoms with Gasteiger partial charge in [-0.2, -0.15) is 4.31 Å². The molecule has 250 valence electrons. The van der Waals surface area contributed by atoms with E-state index < -0.39 is 38.0 Å². The Morgan fingerprint density at radius 2 is 1.74 bits per heavy atom. The highest BCUT2D eigenvalue weighted by Crippen LogP contribution is 2.78. The molecule has 6 aliphatic carbocycles. The maximum absolute atomic E-state index is 14.9. The summed E-state index contributed by atoms with van der Waals surface area (Å²) in [7, 11) is -3.57. The number of hydrogen-bond acceptors (Lipinski definition) is 7. The first-order valence-corrected chi connectivity index (χ1v) is 20.6. The molecule has 2 N–H and O–H groups in total. The van der Waals surface area contributed by atoms with Gasteiger partial charge < -0.3 is 10.2 Å². The van der Waals surface area contributed by atoms with E-state index in [0.29, 0.717) is 25.8 Å². The molecule has 0 aliphatic heterocycles. The van der Waals surface area contributed by atoms with Gasteiger partial charge in [-0.1, -0.05) is 56.3 Å². The number of aliphatic hydroxyl groups is 2. The third kappa shape index (κ3) is 4.49. The molecule has 2 heterocycles. The van der Waals surface area contributed by atoms with Gasteiger partial charge >= 0.3 is 0 Å². The molecule has 0 radical (unpaired) electrons. The van der Waals surface area contributed by atoms with Crippen LogP contribution in [0.2, 0.25) is 0 Å². The Balaban J connectivity index is 1.22. The Kier molecular flexibility index (Phi) is 7.29. The lowest BCUT2D eigenvalue weighted by Crippen LogP contribution is -2.67. The van der Waals surface area contributed by atoms with Crippen molar-refractivity contribution >= 4 is 48.6 Å². The van der Waals surface area contributed by atoms with E-state index in [0.717, 1.165) is 57.5 Å². The summed E-state index contributed by atoms with van der Waals surface area (Å²) < 4.78 is 28.9. The number of hydrogen-bond donors (Lipinski definition) is 2. The average molecular weight is 692 g/mol. The molecular formula is C38H45NO5S3. The molecule has 47 heavy (non-hydrogen) atoms. The summed E-state index contributed by atoms with van der Waals surface area (Å²) in [5.74, 6) is 0.229. The molecule has 1 aromatic carbocycles. The highest BCUT2D eigenvalue weighted by Gasteiger charge is 2.74. The van der Waals surface area contributed by atoms with Crippen LogP contribution in [-0.2, 0) is 16.4 Å². The first-order valence-electron chi connectivity index (χ1n) is 17.1. The molecule has 3 fully saturated rings. The maximum Gasteiger partial charge on any atom is 0.211 e. The van der Waals surface area contributed by atoms with Gasteiger partial charge in [0.25, 0.3) is 0 Å². The first kappa shape index (κ1) is 32.1. The summed E-state index contributed by atoms with van der Waals surface area (Å²) in [5.41, 5.74) is -2.08. The Morgan fingerprint density at radius 1 is 1.00 bits per heavy atom. The van der Waals surface area contributed by atoms with Gasteiger partial charge in [0.15, 0.2) is 5.78 Å². The fourth-order valence-corrected chi connectivity index (χ4v) is 13.8. The summed E-state index contributed by atoms with van der Waals surface area (Å²) in [6.45, 7) is 4.95. The topological polar surface area (TPSA) is 94.9 Å². The lowest BCUT2D eigenvalue weighted by atomic mass is 9.32. The van der Waals surface area contributed by atoms with Gasteiger partial charge in [0.2, 0.25) is 10.0 Å². The van der Waals surface area contributed by atoms with E-state index in [4.69, 9.17) is 0 Å². The van der Waals surface area contributed by atoms with Gasteiger partial charge in [0.05, 0.1) is 22.8 Å². The van der Waals surface area contributed by atoms with Crippen LogP contribution in [-0.4, -0.2) is 59.8 Å². The van der Waals surface area contributed by atoms with Crippen molar-refractivity contribution in [1.82, 2.24) is 4.31 Å². The van der Waals surface area contributed by atoms with E-state index in [1.54, 1.807) is 22.7 Å². The minimum Gasteiger partial charge on any atom is -0.393 e.